The van der Waals surface area contributed by atoms with Crippen molar-refractivity contribution in [2.75, 3.05) is 5.32 Å². The Morgan fingerprint density at radius 3 is 2.88 bits per heavy atom. The lowest BCUT2D eigenvalue weighted by Crippen LogP contribution is -1.99. The van der Waals surface area contributed by atoms with Crippen molar-refractivity contribution in [3.63, 3.8) is 0 Å². The van der Waals surface area contributed by atoms with Gasteiger partial charge in [-0.05, 0) is 42.8 Å². The number of rotatable bonds is 3. The summed E-state index contributed by atoms with van der Waals surface area (Å²) in [7, 11) is 0. The summed E-state index contributed by atoms with van der Waals surface area (Å²) in [5.74, 6) is 0.723. The molecule has 0 aliphatic heterocycles. The van der Waals surface area contributed by atoms with E-state index in [4.69, 9.17) is 0 Å². The van der Waals surface area contributed by atoms with Crippen LogP contribution >= 0.6 is 0 Å². The van der Waals surface area contributed by atoms with Crippen LogP contribution in [0.4, 0.5) is 11.5 Å². The number of nitrogens with zero attached hydrogens (tertiary/aromatic N) is 1. The van der Waals surface area contributed by atoms with Gasteiger partial charge in [0.05, 0.1) is 5.56 Å². The van der Waals surface area contributed by atoms with Crippen LogP contribution in [0.25, 0.3) is 0 Å². The van der Waals surface area contributed by atoms with Gasteiger partial charge >= 0.3 is 0 Å². The summed E-state index contributed by atoms with van der Waals surface area (Å²) in [6.07, 6.45) is 2.37. The molecule has 0 amide bonds. The molecule has 0 saturated carbocycles. The van der Waals surface area contributed by atoms with Gasteiger partial charge in [0.25, 0.3) is 0 Å². The molecule has 2 rings (SSSR count). The number of aldehydes is 1. The number of phenols is 1. The Kier molecular flexibility index (Phi) is 3.05. The van der Waals surface area contributed by atoms with E-state index in [0.29, 0.717) is 11.4 Å². The number of hydrogen-bond acceptors (Lipinski definition) is 4. The lowest BCUT2D eigenvalue weighted by Gasteiger charge is -2.10. The lowest BCUT2D eigenvalue weighted by molar-refractivity contribution is 0.112. The zero-order valence-electron chi connectivity index (χ0n) is 9.34. The SMILES string of the molecule is Cc1cc(O)ccc1Nc1ncccc1C=O. The van der Waals surface area contributed by atoms with E-state index in [-0.39, 0.29) is 5.75 Å². The van der Waals surface area contributed by atoms with Gasteiger partial charge in [-0.15, -0.1) is 0 Å². The Morgan fingerprint density at radius 1 is 1.35 bits per heavy atom. The van der Waals surface area contributed by atoms with Gasteiger partial charge in [0.1, 0.15) is 11.6 Å². The van der Waals surface area contributed by atoms with Gasteiger partial charge in [-0.2, -0.15) is 0 Å². The maximum absolute atomic E-state index is 10.8. The number of hydrogen-bond donors (Lipinski definition) is 2. The van der Waals surface area contributed by atoms with Gasteiger partial charge in [0, 0.05) is 11.9 Å². The molecule has 4 heteroatoms. The second kappa shape index (κ2) is 4.65. The highest BCUT2D eigenvalue weighted by Crippen LogP contribution is 2.24. The van der Waals surface area contributed by atoms with E-state index in [1.54, 1.807) is 36.5 Å². The van der Waals surface area contributed by atoms with Gasteiger partial charge in [-0.25, -0.2) is 4.98 Å². The normalized spacial score (nSPS) is 9.94. The molecule has 0 bridgehead atoms. The smallest absolute Gasteiger partial charge is 0.153 e. The summed E-state index contributed by atoms with van der Waals surface area (Å²) in [6.45, 7) is 1.87. The first-order valence-corrected chi connectivity index (χ1v) is 5.17. The summed E-state index contributed by atoms with van der Waals surface area (Å²) in [6, 6.07) is 8.37. The molecule has 17 heavy (non-hydrogen) atoms. The summed E-state index contributed by atoms with van der Waals surface area (Å²) < 4.78 is 0. The zero-order chi connectivity index (χ0) is 12.3. The molecule has 4 nitrogen and oxygen atoms in total. The van der Waals surface area contributed by atoms with E-state index in [1.165, 1.54) is 0 Å². The zero-order valence-corrected chi connectivity index (χ0v) is 9.34. The van der Waals surface area contributed by atoms with Crippen molar-refractivity contribution in [2.45, 2.75) is 6.92 Å². The summed E-state index contributed by atoms with van der Waals surface area (Å²) in [4.78, 5) is 14.9. The molecule has 1 heterocycles. The Morgan fingerprint density at radius 2 is 2.18 bits per heavy atom. The molecule has 2 N–H and O–H groups in total. The second-order valence-electron chi connectivity index (χ2n) is 3.68. The highest BCUT2D eigenvalue weighted by atomic mass is 16.3. The summed E-state index contributed by atoms with van der Waals surface area (Å²) in [5.41, 5.74) is 2.19. The number of anilines is 2. The van der Waals surface area contributed by atoms with Gasteiger partial charge in [-0.1, -0.05) is 0 Å². The molecule has 0 aliphatic rings. The Labute approximate surface area is 98.9 Å². The predicted molar refractivity (Wildman–Crippen MR) is 65.8 cm³/mol. The van der Waals surface area contributed by atoms with Gasteiger partial charge in [0.2, 0.25) is 0 Å². The molecule has 0 spiro atoms. The molecular formula is C13H12N2O2. The number of phenolic OH excluding ortho intramolecular Hbond substituents is 1. The van der Waals surface area contributed by atoms with Crippen molar-refractivity contribution < 1.29 is 9.90 Å². The second-order valence-corrected chi connectivity index (χ2v) is 3.68. The fourth-order valence-corrected chi connectivity index (χ4v) is 1.53. The minimum absolute atomic E-state index is 0.213. The van der Waals surface area contributed by atoms with Crippen LogP contribution in [0.3, 0.4) is 0 Å². The van der Waals surface area contributed by atoms with E-state index in [2.05, 4.69) is 10.3 Å². The van der Waals surface area contributed by atoms with Crippen molar-refractivity contribution >= 4 is 17.8 Å². The van der Waals surface area contributed by atoms with Crippen LogP contribution in [-0.2, 0) is 0 Å². The number of benzene rings is 1. The number of pyridine rings is 1. The maximum atomic E-state index is 10.8. The molecule has 1 aromatic heterocycles. The van der Waals surface area contributed by atoms with Crippen molar-refractivity contribution in [3.8, 4) is 5.75 Å². The van der Waals surface area contributed by atoms with Crippen LogP contribution in [0.5, 0.6) is 5.75 Å². The van der Waals surface area contributed by atoms with Crippen LogP contribution < -0.4 is 5.32 Å². The predicted octanol–water partition coefficient (Wildman–Crippen LogP) is 2.65. The van der Waals surface area contributed by atoms with Crippen molar-refractivity contribution in [1.82, 2.24) is 4.98 Å². The van der Waals surface area contributed by atoms with Crippen LogP contribution in [0.1, 0.15) is 15.9 Å². The molecule has 2 aromatic rings. The Balaban J connectivity index is 2.34. The third-order valence-electron chi connectivity index (χ3n) is 2.43. The topological polar surface area (TPSA) is 62.2 Å². The summed E-state index contributed by atoms with van der Waals surface area (Å²) in [5, 5.41) is 12.4. The number of nitrogens with one attached hydrogen (secondary N) is 1. The van der Waals surface area contributed by atoms with Crippen LogP contribution in [0.2, 0.25) is 0 Å². The third kappa shape index (κ3) is 2.42. The first-order valence-electron chi connectivity index (χ1n) is 5.17. The van der Waals surface area contributed by atoms with Crippen LogP contribution in [-0.4, -0.2) is 16.4 Å². The monoisotopic (exact) mass is 228 g/mol. The van der Waals surface area contributed by atoms with Gasteiger partial charge in [0.15, 0.2) is 6.29 Å². The highest BCUT2D eigenvalue weighted by Gasteiger charge is 2.04. The third-order valence-corrected chi connectivity index (χ3v) is 2.43. The van der Waals surface area contributed by atoms with Crippen molar-refractivity contribution in [3.05, 3.63) is 47.7 Å². The van der Waals surface area contributed by atoms with Crippen LogP contribution in [0, 0.1) is 6.92 Å². The minimum Gasteiger partial charge on any atom is -0.508 e. The Hall–Kier alpha value is -2.36. The molecule has 0 radical (unpaired) electrons. The van der Waals surface area contributed by atoms with E-state index in [1.807, 2.05) is 6.92 Å². The van der Waals surface area contributed by atoms with Crippen molar-refractivity contribution in [1.29, 1.82) is 0 Å². The Bertz CT molecular complexity index is 553. The fraction of sp³-hybridized carbons (Fsp3) is 0.0769. The van der Waals surface area contributed by atoms with E-state index in [9.17, 15) is 9.90 Å². The number of aromatic nitrogens is 1. The number of aryl methyl sites for hydroxylation is 1. The number of carbonyl (C=O) groups is 1. The lowest BCUT2D eigenvalue weighted by atomic mass is 10.2. The van der Waals surface area contributed by atoms with Gasteiger partial charge < -0.3 is 10.4 Å². The molecule has 0 aliphatic carbocycles. The standard InChI is InChI=1S/C13H12N2O2/c1-9-7-11(17)4-5-12(9)15-13-10(8-16)3-2-6-14-13/h2-8,17H,1H3,(H,14,15). The molecule has 0 atom stereocenters. The minimum atomic E-state index is 0.213. The number of aromatic hydroxyl groups is 1. The van der Waals surface area contributed by atoms with Crippen molar-refractivity contribution in [2.24, 2.45) is 0 Å². The highest BCUT2D eigenvalue weighted by molar-refractivity contribution is 5.84. The summed E-state index contributed by atoms with van der Waals surface area (Å²) >= 11 is 0. The van der Waals surface area contributed by atoms with E-state index < -0.39 is 0 Å². The largest absolute Gasteiger partial charge is 0.508 e. The molecular weight excluding hydrogens is 216 g/mol. The molecule has 0 saturated heterocycles. The first kappa shape index (κ1) is 11.1. The fourth-order valence-electron chi connectivity index (χ4n) is 1.53. The van der Waals surface area contributed by atoms with E-state index in [0.717, 1.165) is 17.5 Å². The average Bonchev–Trinajstić information content (AvgIpc) is 2.33. The van der Waals surface area contributed by atoms with Crippen LogP contribution in [0.15, 0.2) is 36.5 Å². The number of carbonyl (C=O) groups excluding carboxylic acids is 1. The molecule has 0 fully saturated rings. The maximum Gasteiger partial charge on any atom is 0.153 e. The van der Waals surface area contributed by atoms with E-state index >= 15 is 0 Å². The first-order chi connectivity index (χ1) is 8.20. The van der Waals surface area contributed by atoms with Gasteiger partial charge in [-0.3, -0.25) is 4.79 Å². The average molecular weight is 228 g/mol. The molecule has 86 valence electrons. The quantitative estimate of drug-likeness (QED) is 0.626. The molecule has 1 aromatic carbocycles. The molecule has 0 unspecified atom stereocenters.